The molecule has 0 bridgehead atoms. The molecule has 0 radical (unpaired) electrons. The fraction of sp³-hybridized carbons (Fsp3) is 0.981. The lowest BCUT2D eigenvalue weighted by molar-refractivity contribution is -0.0816. The highest BCUT2D eigenvalue weighted by Gasteiger charge is 2.25. The number of carbonyl (C=O) groups excluding carboxylic acids is 1. The van der Waals surface area contributed by atoms with Crippen molar-refractivity contribution in [3.8, 4) is 0 Å². The van der Waals surface area contributed by atoms with Crippen molar-refractivity contribution in [1.82, 2.24) is 5.32 Å². The van der Waals surface area contributed by atoms with Crippen molar-refractivity contribution in [3.63, 3.8) is 0 Å². The normalized spacial score (nSPS) is 13.0. The molecule has 0 saturated carbocycles. The van der Waals surface area contributed by atoms with E-state index in [-0.39, 0.29) is 29.9 Å². The van der Waals surface area contributed by atoms with E-state index in [1.807, 2.05) is 0 Å². The zero-order chi connectivity index (χ0) is 42.7. The molecule has 0 aromatic rings. The topological polar surface area (TPSA) is 66.0 Å². The Kier molecular flexibility index (Phi) is 42.2. The van der Waals surface area contributed by atoms with Gasteiger partial charge in [-0.15, -0.1) is 0 Å². The Balaban J connectivity index is 4.31. The lowest BCUT2D eigenvalue weighted by Crippen LogP contribution is -2.36. The molecule has 1 atom stereocenters. The van der Waals surface area contributed by atoms with Crippen LogP contribution < -0.4 is 5.32 Å². The fourth-order valence-electron chi connectivity index (χ4n) is 7.95. The summed E-state index contributed by atoms with van der Waals surface area (Å²) < 4.78 is 23.2. The molecule has 0 aliphatic heterocycles. The summed E-state index contributed by atoms with van der Waals surface area (Å²) in [6.07, 6.45) is 48.6. The highest BCUT2D eigenvalue weighted by atomic mass is 16.6. The number of carbonyl (C=O) groups is 1. The molecule has 1 N–H and O–H groups in total. The van der Waals surface area contributed by atoms with Crippen molar-refractivity contribution in [1.29, 1.82) is 0 Å². The molecular weight excluding hydrogens is 719 g/mol. The highest BCUT2D eigenvalue weighted by molar-refractivity contribution is 5.67. The van der Waals surface area contributed by atoms with Crippen LogP contribution in [-0.2, 0) is 18.9 Å². The van der Waals surface area contributed by atoms with Gasteiger partial charge in [0.1, 0.15) is 6.61 Å². The number of hydrogen-bond donors (Lipinski definition) is 1. The maximum Gasteiger partial charge on any atom is 0.407 e. The first kappa shape index (κ1) is 57.1. The summed E-state index contributed by atoms with van der Waals surface area (Å²) in [7, 11) is 1.75. The standard InChI is InChI=1S/C52H105NO5/c1-8-11-13-15-17-19-21-23-25-27-29-31-33-35-37-39-41-49(42-40-38-36-34-32-30-28-26-24-22-20-18-16-14-12-9-2)53-50(54)57-48-47-56-45-44-52(6,10-3)58-46-43-51(4,5)55-7/h49H,8-48H2,1-7H3,(H,53,54). The summed E-state index contributed by atoms with van der Waals surface area (Å²) in [6.45, 7) is 15.0. The molecule has 348 valence electrons. The van der Waals surface area contributed by atoms with E-state index in [1.165, 1.54) is 205 Å². The molecule has 0 saturated heterocycles. The summed E-state index contributed by atoms with van der Waals surface area (Å²) in [5.74, 6) is 0. The molecule has 0 rings (SSSR count). The number of nitrogens with one attached hydrogen (secondary N) is 1. The lowest BCUT2D eigenvalue weighted by atomic mass is 9.99. The Bertz CT molecular complexity index is 801. The Morgan fingerprint density at radius 2 is 0.828 bits per heavy atom. The molecule has 0 spiro atoms. The Morgan fingerprint density at radius 3 is 1.17 bits per heavy atom. The van der Waals surface area contributed by atoms with E-state index in [0.29, 0.717) is 19.8 Å². The lowest BCUT2D eigenvalue weighted by Gasteiger charge is -2.31. The highest BCUT2D eigenvalue weighted by Crippen LogP contribution is 2.23. The van der Waals surface area contributed by atoms with Crippen LogP contribution in [0.4, 0.5) is 4.79 Å². The predicted molar refractivity (Wildman–Crippen MR) is 252 cm³/mol. The Hall–Kier alpha value is -0.850. The minimum absolute atomic E-state index is 0.181. The van der Waals surface area contributed by atoms with Gasteiger partial charge in [-0.2, -0.15) is 0 Å². The molecule has 1 amide bonds. The third-order valence-electron chi connectivity index (χ3n) is 12.8. The summed E-state index contributed by atoms with van der Waals surface area (Å²) >= 11 is 0. The second-order valence-electron chi connectivity index (χ2n) is 18.9. The van der Waals surface area contributed by atoms with Gasteiger partial charge in [0.2, 0.25) is 0 Å². The van der Waals surface area contributed by atoms with E-state index in [9.17, 15) is 4.79 Å². The monoisotopic (exact) mass is 824 g/mol. The molecule has 58 heavy (non-hydrogen) atoms. The first-order valence-corrected chi connectivity index (χ1v) is 25.9. The molecule has 0 aromatic heterocycles. The number of hydrogen-bond acceptors (Lipinski definition) is 5. The van der Waals surface area contributed by atoms with Gasteiger partial charge < -0.3 is 24.3 Å². The number of amides is 1. The van der Waals surface area contributed by atoms with Crippen LogP contribution in [0, 0.1) is 0 Å². The molecule has 0 fully saturated rings. The quantitative estimate of drug-likeness (QED) is 0.0619. The van der Waals surface area contributed by atoms with E-state index in [1.54, 1.807) is 7.11 Å². The summed E-state index contributed by atoms with van der Waals surface area (Å²) in [4.78, 5) is 12.8. The molecule has 6 heteroatoms. The van der Waals surface area contributed by atoms with Crippen LogP contribution in [0.25, 0.3) is 0 Å². The SMILES string of the molecule is CCCCCCCCCCCCCCCCCCC(CCCCCCCCCCCCCCCCCC)NC(=O)OCCOCCC(C)(CC)OCCC(C)(C)OC. The number of methoxy groups -OCH3 is 1. The van der Waals surface area contributed by atoms with Crippen molar-refractivity contribution in [2.45, 2.75) is 296 Å². The minimum atomic E-state index is -0.288. The first-order valence-electron chi connectivity index (χ1n) is 25.9. The number of rotatable bonds is 47. The van der Waals surface area contributed by atoms with Crippen LogP contribution in [0.3, 0.4) is 0 Å². The van der Waals surface area contributed by atoms with Gasteiger partial charge in [-0.1, -0.05) is 226 Å². The zero-order valence-corrected chi connectivity index (χ0v) is 40.6. The van der Waals surface area contributed by atoms with Crippen molar-refractivity contribution in [2.75, 3.05) is 33.5 Å². The van der Waals surface area contributed by atoms with Crippen LogP contribution >= 0.6 is 0 Å². The maximum atomic E-state index is 12.8. The second kappa shape index (κ2) is 42.8. The number of unbranched alkanes of at least 4 members (excludes halogenated alkanes) is 30. The van der Waals surface area contributed by atoms with Gasteiger partial charge in [-0.05, 0) is 52.9 Å². The zero-order valence-electron chi connectivity index (χ0n) is 40.6. The van der Waals surface area contributed by atoms with Gasteiger partial charge in [0, 0.05) is 19.8 Å². The van der Waals surface area contributed by atoms with E-state index in [2.05, 4.69) is 46.9 Å². The van der Waals surface area contributed by atoms with Gasteiger partial charge >= 0.3 is 6.09 Å². The van der Waals surface area contributed by atoms with Crippen molar-refractivity contribution < 1.29 is 23.7 Å². The Labute approximate surface area is 364 Å². The average Bonchev–Trinajstić information content (AvgIpc) is 3.21. The van der Waals surface area contributed by atoms with Gasteiger partial charge in [-0.3, -0.25) is 0 Å². The smallest absolute Gasteiger partial charge is 0.407 e. The van der Waals surface area contributed by atoms with Crippen LogP contribution in [0.2, 0.25) is 0 Å². The molecule has 1 unspecified atom stereocenters. The third kappa shape index (κ3) is 40.6. The molecule has 0 aliphatic carbocycles. The Morgan fingerprint density at radius 1 is 0.466 bits per heavy atom. The van der Waals surface area contributed by atoms with Crippen LogP contribution in [0.15, 0.2) is 0 Å². The van der Waals surface area contributed by atoms with Crippen molar-refractivity contribution in [3.05, 3.63) is 0 Å². The van der Waals surface area contributed by atoms with Gasteiger partial charge in [-0.25, -0.2) is 4.79 Å². The first-order chi connectivity index (χ1) is 28.2. The van der Waals surface area contributed by atoms with Crippen LogP contribution in [-0.4, -0.2) is 56.9 Å². The summed E-state index contributed by atoms with van der Waals surface area (Å²) in [5, 5.41) is 3.24. The summed E-state index contributed by atoms with van der Waals surface area (Å²) in [5.41, 5.74) is -0.409. The predicted octanol–water partition coefficient (Wildman–Crippen LogP) is 16.8. The number of alkyl carbamates (subject to hydrolysis) is 1. The largest absolute Gasteiger partial charge is 0.447 e. The van der Waals surface area contributed by atoms with Crippen molar-refractivity contribution in [2.24, 2.45) is 0 Å². The minimum Gasteiger partial charge on any atom is -0.447 e. The average molecular weight is 824 g/mol. The summed E-state index contributed by atoms with van der Waals surface area (Å²) in [6, 6.07) is 0.206. The van der Waals surface area contributed by atoms with Gasteiger partial charge in [0.15, 0.2) is 0 Å². The van der Waals surface area contributed by atoms with E-state index in [4.69, 9.17) is 18.9 Å². The number of ether oxygens (including phenoxy) is 4. The van der Waals surface area contributed by atoms with Crippen LogP contribution in [0.1, 0.15) is 279 Å². The third-order valence-corrected chi connectivity index (χ3v) is 12.8. The molecule has 0 heterocycles. The molecule has 6 nitrogen and oxygen atoms in total. The second-order valence-corrected chi connectivity index (χ2v) is 18.9. The van der Waals surface area contributed by atoms with E-state index >= 15 is 0 Å². The van der Waals surface area contributed by atoms with Crippen molar-refractivity contribution >= 4 is 6.09 Å². The van der Waals surface area contributed by atoms with Gasteiger partial charge in [0.25, 0.3) is 0 Å². The molecule has 0 aliphatic rings. The van der Waals surface area contributed by atoms with E-state index in [0.717, 1.165) is 32.1 Å². The fourth-order valence-corrected chi connectivity index (χ4v) is 7.95. The van der Waals surface area contributed by atoms with Gasteiger partial charge in [0.05, 0.1) is 24.4 Å². The molecule has 0 aromatic carbocycles. The maximum absolute atomic E-state index is 12.8. The molecular formula is C52H105NO5. The van der Waals surface area contributed by atoms with E-state index < -0.39 is 0 Å². The van der Waals surface area contributed by atoms with Crippen LogP contribution in [0.5, 0.6) is 0 Å².